The zero-order valence-corrected chi connectivity index (χ0v) is 8.38. The van der Waals surface area contributed by atoms with E-state index in [-0.39, 0.29) is 5.82 Å². The molecule has 1 aromatic heterocycles. The lowest BCUT2D eigenvalue weighted by atomic mass is 10.3. The number of amides is 1. The minimum Gasteiger partial charge on any atom is -0.376 e. The number of anilines is 1. The summed E-state index contributed by atoms with van der Waals surface area (Å²) in [5.74, 6) is -0.489. The summed E-state index contributed by atoms with van der Waals surface area (Å²) >= 11 is 0. The predicted octanol–water partition coefficient (Wildman–Crippen LogP) is 0.781. The van der Waals surface area contributed by atoms with Crippen molar-refractivity contribution in [2.24, 2.45) is 5.73 Å². The molecule has 1 aromatic carbocycles. The Morgan fingerprint density at radius 1 is 1.38 bits per heavy atom. The van der Waals surface area contributed by atoms with Crippen LogP contribution >= 0.6 is 0 Å². The lowest BCUT2D eigenvalue weighted by molar-refractivity contribution is 0.0987. The van der Waals surface area contributed by atoms with Crippen molar-refractivity contribution in [3.05, 3.63) is 42.0 Å². The Morgan fingerprint density at radius 2 is 2.12 bits per heavy atom. The number of primary amides is 1. The van der Waals surface area contributed by atoms with E-state index >= 15 is 0 Å². The Kier molecular flexibility index (Phi) is 2.81. The van der Waals surface area contributed by atoms with Crippen molar-refractivity contribution in [3.63, 3.8) is 0 Å². The number of nitrogens with one attached hydrogen (secondary N) is 1. The van der Waals surface area contributed by atoms with Crippen molar-refractivity contribution in [2.75, 3.05) is 5.32 Å². The first-order chi connectivity index (χ1) is 7.75. The van der Waals surface area contributed by atoms with Crippen molar-refractivity contribution in [1.82, 2.24) is 10.1 Å². The summed E-state index contributed by atoms with van der Waals surface area (Å²) in [5.41, 5.74) is 5.92. The van der Waals surface area contributed by atoms with Crippen molar-refractivity contribution in [2.45, 2.75) is 6.54 Å². The topological polar surface area (TPSA) is 94.0 Å². The highest BCUT2D eigenvalue weighted by molar-refractivity contribution is 5.88. The first-order valence-electron chi connectivity index (χ1n) is 4.67. The smallest absolute Gasteiger partial charge is 0.290 e. The summed E-state index contributed by atoms with van der Waals surface area (Å²) in [6.07, 6.45) is 0. The first kappa shape index (κ1) is 10.2. The normalized spacial score (nSPS) is 10.0. The molecule has 6 heteroatoms. The molecular formula is C10H10N4O2. The number of nitrogens with zero attached hydrogens (tertiary/aromatic N) is 2. The third-order valence-corrected chi connectivity index (χ3v) is 1.91. The summed E-state index contributed by atoms with van der Waals surface area (Å²) in [6, 6.07) is 9.55. The fraction of sp³-hybridized carbons (Fsp3) is 0.100. The van der Waals surface area contributed by atoms with Gasteiger partial charge in [-0.2, -0.15) is 4.98 Å². The molecule has 16 heavy (non-hydrogen) atoms. The molecule has 3 N–H and O–H groups in total. The summed E-state index contributed by atoms with van der Waals surface area (Å²) in [6.45, 7) is 0.351. The molecule has 0 aliphatic rings. The molecule has 0 fully saturated rings. The Hall–Kier alpha value is -2.37. The molecule has 0 saturated carbocycles. The van der Waals surface area contributed by atoms with Crippen LogP contribution in [0.15, 0.2) is 34.9 Å². The molecule has 0 atom stereocenters. The van der Waals surface area contributed by atoms with E-state index < -0.39 is 5.91 Å². The van der Waals surface area contributed by atoms with Gasteiger partial charge in [-0.3, -0.25) is 4.79 Å². The van der Waals surface area contributed by atoms with Crippen LogP contribution < -0.4 is 11.1 Å². The van der Waals surface area contributed by atoms with Gasteiger partial charge in [0.1, 0.15) is 0 Å². The number of benzene rings is 1. The molecule has 2 aromatic rings. The van der Waals surface area contributed by atoms with Gasteiger partial charge in [0.25, 0.3) is 11.7 Å². The van der Waals surface area contributed by atoms with Gasteiger partial charge in [0, 0.05) is 5.69 Å². The summed E-state index contributed by atoms with van der Waals surface area (Å²) in [5, 5.41) is 6.49. The Labute approximate surface area is 91.5 Å². The maximum atomic E-state index is 10.7. The zero-order valence-electron chi connectivity index (χ0n) is 8.38. The van der Waals surface area contributed by atoms with E-state index in [0.29, 0.717) is 12.4 Å². The monoisotopic (exact) mass is 218 g/mol. The van der Waals surface area contributed by atoms with Gasteiger partial charge in [0.05, 0.1) is 6.54 Å². The van der Waals surface area contributed by atoms with E-state index in [0.717, 1.165) is 5.69 Å². The van der Waals surface area contributed by atoms with Crippen LogP contribution in [0, 0.1) is 0 Å². The van der Waals surface area contributed by atoms with Crippen LogP contribution in [0.2, 0.25) is 0 Å². The molecule has 1 heterocycles. The van der Waals surface area contributed by atoms with Gasteiger partial charge in [-0.1, -0.05) is 23.4 Å². The fourth-order valence-corrected chi connectivity index (χ4v) is 1.16. The molecule has 0 bridgehead atoms. The molecule has 0 aliphatic carbocycles. The fourth-order valence-electron chi connectivity index (χ4n) is 1.16. The molecule has 0 saturated heterocycles. The highest BCUT2D eigenvalue weighted by Gasteiger charge is 2.10. The van der Waals surface area contributed by atoms with E-state index in [9.17, 15) is 4.79 Å². The van der Waals surface area contributed by atoms with Gasteiger partial charge in [0.2, 0.25) is 5.89 Å². The van der Waals surface area contributed by atoms with E-state index in [4.69, 9.17) is 10.3 Å². The maximum Gasteiger partial charge on any atom is 0.290 e. The van der Waals surface area contributed by atoms with Crippen molar-refractivity contribution < 1.29 is 9.32 Å². The molecule has 82 valence electrons. The second-order valence-corrected chi connectivity index (χ2v) is 3.10. The minimum absolute atomic E-state index is 0.107. The maximum absolute atomic E-state index is 10.7. The van der Waals surface area contributed by atoms with Crippen LogP contribution in [0.5, 0.6) is 0 Å². The molecule has 1 amide bonds. The molecule has 0 spiro atoms. The van der Waals surface area contributed by atoms with Crippen LogP contribution in [-0.2, 0) is 6.54 Å². The van der Waals surface area contributed by atoms with Gasteiger partial charge in [-0.25, -0.2) is 0 Å². The van der Waals surface area contributed by atoms with Crippen molar-refractivity contribution in [3.8, 4) is 0 Å². The molecular weight excluding hydrogens is 208 g/mol. The number of hydrogen-bond acceptors (Lipinski definition) is 5. The van der Waals surface area contributed by atoms with E-state index in [2.05, 4.69) is 15.5 Å². The lowest BCUT2D eigenvalue weighted by Crippen LogP contribution is -2.13. The molecule has 6 nitrogen and oxygen atoms in total. The van der Waals surface area contributed by atoms with Gasteiger partial charge in [0.15, 0.2) is 0 Å². The highest BCUT2D eigenvalue weighted by atomic mass is 16.5. The van der Waals surface area contributed by atoms with Crippen LogP contribution in [0.3, 0.4) is 0 Å². The Balaban J connectivity index is 1.97. The molecule has 0 unspecified atom stereocenters. The van der Waals surface area contributed by atoms with Gasteiger partial charge < -0.3 is 15.6 Å². The van der Waals surface area contributed by atoms with Gasteiger partial charge >= 0.3 is 0 Å². The van der Waals surface area contributed by atoms with Crippen molar-refractivity contribution >= 4 is 11.6 Å². The predicted molar refractivity (Wildman–Crippen MR) is 56.6 cm³/mol. The molecule has 0 radical (unpaired) electrons. The van der Waals surface area contributed by atoms with Gasteiger partial charge in [-0.05, 0) is 12.1 Å². The van der Waals surface area contributed by atoms with E-state index in [1.165, 1.54) is 0 Å². The summed E-state index contributed by atoms with van der Waals surface area (Å²) < 4.78 is 4.82. The number of hydrogen-bond donors (Lipinski definition) is 2. The Morgan fingerprint density at radius 3 is 2.75 bits per heavy atom. The van der Waals surface area contributed by atoms with Crippen LogP contribution in [0.1, 0.15) is 16.5 Å². The number of rotatable bonds is 4. The van der Waals surface area contributed by atoms with E-state index in [1.807, 2.05) is 30.3 Å². The van der Waals surface area contributed by atoms with Crippen LogP contribution in [-0.4, -0.2) is 16.0 Å². The number of aromatic nitrogens is 2. The summed E-state index contributed by atoms with van der Waals surface area (Å²) in [4.78, 5) is 14.5. The number of para-hydroxylation sites is 1. The van der Waals surface area contributed by atoms with E-state index in [1.54, 1.807) is 0 Å². The second kappa shape index (κ2) is 4.43. The zero-order chi connectivity index (χ0) is 11.4. The third kappa shape index (κ3) is 2.35. The average molecular weight is 218 g/mol. The summed E-state index contributed by atoms with van der Waals surface area (Å²) in [7, 11) is 0. The lowest BCUT2D eigenvalue weighted by Gasteiger charge is -2.01. The minimum atomic E-state index is -0.699. The highest BCUT2D eigenvalue weighted by Crippen LogP contribution is 2.07. The SMILES string of the molecule is NC(=O)c1noc(CNc2ccccc2)n1. The van der Waals surface area contributed by atoms with Gasteiger partial charge in [-0.15, -0.1) is 0 Å². The Bertz CT molecular complexity index is 481. The number of carbonyl (C=O) groups is 1. The average Bonchev–Trinajstić information content (AvgIpc) is 2.76. The van der Waals surface area contributed by atoms with Crippen LogP contribution in [0.4, 0.5) is 5.69 Å². The standard InChI is InChI=1S/C10H10N4O2/c11-9(15)10-13-8(16-14-10)6-12-7-4-2-1-3-5-7/h1-5,12H,6H2,(H2,11,15). The third-order valence-electron chi connectivity index (χ3n) is 1.91. The van der Waals surface area contributed by atoms with Crippen LogP contribution in [0.25, 0.3) is 0 Å². The quantitative estimate of drug-likeness (QED) is 0.790. The first-order valence-corrected chi connectivity index (χ1v) is 4.67. The second-order valence-electron chi connectivity index (χ2n) is 3.10. The largest absolute Gasteiger partial charge is 0.376 e. The molecule has 0 aliphatic heterocycles. The number of carbonyl (C=O) groups excluding carboxylic acids is 1. The molecule has 2 rings (SSSR count). The number of nitrogens with two attached hydrogens (primary N) is 1. The van der Waals surface area contributed by atoms with Crippen molar-refractivity contribution in [1.29, 1.82) is 0 Å².